The second-order valence-corrected chi connectivity index (χ2v) is 3.67. The summed E-state index contributed by atoms with van der Waals surface area (Å²) in [5.74, 6) is 0.953. The predicted molar refractivity (Wildman–Crippen MR) is 62.0 cm³/mol. The lowest BCUT2D eigenvalue weighted by atomic mass is 10.3. The molecule has 5 heteroatoms. The number of hydrogen-bond acceptors (Lipinski definition) is 3. The van der Waals surface area contributed by atoms with Gasteiger partial charge in [-0.05, 0) is 12.1 Å². The van der Waals surface area contributed by atoms with Gasteiger partial charge < -0.3 is 14.9 Å². The topological polar surface area (TPSA) is 65.8 Å². The maximum absolute atomic E-state index is 11.6. The van der Waals surface area contributed by atoms with E-state index in [0.717, 1.165) is 5.82 Å². The molecule has 5 nitrogen and oxygen atoms in total. The fourth-order valence-electron chi connectivity index (χ4n) is 1.59. The third kappa shape index (κ3) is 1.98. The fourth-order valence-corrected chi connectivity index (χ4v) is 1.59. The second kappa shape index (κ2) is 4.22. The highest BCUT2D eigenvalue weighted by molar-refractivity contribution is 5.33. The average molecular weight is 218 g/mol. The van der Waals surface area contributed by atoms with Crippen molar-refractivity contribution in [2.45, 2.75) is 13.0 Å². The SMILES string of the molecule is Cn1ccnc1CCn1cccc(N)c1=O. The molecule has 0 saturated heterocycles. The first kappa shape index (κ1) is 10.5. The van der Waals surface area contributed by atoms with Gasteiger partial charge in [0.25, 0.3) is 5.56 Å². The standard InChI is InChI=1S/C11H14N4O/c1-14-8-5-13-10(14)4-7-15-6-2-3-9(12)11(15)16/h2-3,5-6,8H,4,7,12H2,1H3. The molecule has 2 aromatic heterocycles. The van der Waals surface area contributed by atoms with Gasteiger partial charge in [0.15, 0.2) is 0 Å². The Bertz CT molecular complexity index is 541. The average Bonchev–Trinajstić information content (AvgIpc) is 2.67. The van der Waals surface area contributed by atoms with Crippen LogP contribution in [0.25, 0.3) is 0 Å². The molecule has 0 radical (unpaired) electrons. The number of anilines is 1. The third-order valence-corrected chi connectivity index (χ3v) is 2.55. The normalized spacial score (nSPS) is 10.6. The zero-order valence-electron chi connectivity index (χ0n) is 9.13. The summed E-state index contributed by atoms with van der Waals surface area (Å²) >= 11 is 0. The zero-order chi connectivity index (χ0) is 11.5. The van der Waals surface area contributed by atoms with Crippen molar-refractivity contribution in [3.63, 3.8) is 0 Å². The molecule has 0 saturated carbocycles. The summed E-state index contributed by atoms with van der Waals surface area (Å²) in [6, 6.07) is 3.38. The van der Waals surface area contributed by atoms with E-state index in [1.165, 1.54) is 0 Å². The van der Waals surface area contributed by atoms with Crippen LogP contribution in [0.15, 0.2) is 35.5 Å². The van der Waals surface area contributed by atoms with Crippen LogP contribution in [0.2, 0.25) is 0 Å². The predicted octanol–water partition coefficient (Wildman–Crippen LogP) is 0.407. The molecular formula is C11H14N4O. The van der Waals surface area contributed by atoms with E-state index >= 15 is 0 Å². The van der Waals surface area contributed by atoms with Crippen molar-refractivity contribution in [3.05, 3.63) is 46.9 Å². The van der Waals surface area contributed by atoms with Crippen LogP contribution in [0.5, 0.6) is 0 Å². The van der Waals surface area contributed by atoms with Crippen LogP contribution in [-0.2, 0) is 20.0 Å². The molecular weight excluding hydrogens is 204 g/mol. The summed E-state index contributed by atoms with van der Waals surface area (Å²) in [6.45, 7) is 0.592. The molecule has 0 aliphatic carbocycles. The maximum atomic E-state index is 11.6. The van der Waals surface area contributed by atoms with E-state index < -0.39 is 0 Å². The van der Waals surface area contributed by atoms with Gasteiger partial charge in [-0.1, -0.05) is 0 Å². The Hall–Kier alpha value is -2.04. The summed E-state index contributed by atoms with van der Waals surface area (Å²) in [6.07, 6.45) is 6.09. The van der Waals surface area contributed by atoms with E-state index in [2.05, 4.69) is 4.98 Å². The van der Waals surface area contributed by atoms with Crippen molar-refractivity contribution >= 4 is 5.69 Å². The lowest BCUT2D eigenvalue weighted by Crippen LogP contribution is -2.23. The van der Waals surface area contributed by atoms with Crippen LogP contribution in [-0.4, -0.2) is 14.1 Å². The minimum Gasteiger partial charge on any atom is -0.394 e. The molecule has 0 bridgehead atoms. The Morgan fingerprint density at radius 3 is 2.94 bits per heavy atom. The molecule has 2 heterocycles. The summed E-state index contributed by atoms with van der Waals surface area (Å²) < 4.78 is 3.54. The van der Waals surface area contributed by atoms with Gasteiger partial charge in [-0.2, -0.15) is 0 Å². The largest absolute Gasteiger partial charge is 0.394 e. The van der Waals surface area contributed by atoms with Gasteiger partial charge >= 0.3 is 0 Å². The quantitative estimate of drug-likeness (QED) is 0.811. The van der Waals surface area contributed by atoms with E-state index in [-0.39, 0.29) is 11.2 Å². The Balaban J connectivity index is 2.14. The van der Waals surface area contributed by atoms with Crippen LogP contribution in [0.4, 0.5) is 5.69 Å². The number of nitrogen functional groups attached to an aromatic ring is 1. The molecule has 2 rings (SSSR count). The molecule has 16 heavy (non-hydrogen) atoms. The molecule has 2 N–H and O–H groups in total. The van der Waals surface area contributed by atoms with E-state index in [4.69, 9.17) is 5.73 Å². The van der Waals surface area contributed by atoms with Gasteiger partial charge in [0, 0.05) is 38.6 Å². The van der Waals surface area contributed by atoms with Crippen molar-refractivity contribution in [2.75, 3.05) is 5.73 Å². The summed E-state index contributed by atoms with van der Waals surface area (Å²) in [5.41, 5.74) is 5.68. The Morgan fingerprint density at radius 2 is 2.25 bits per heavy atom. The molecule has 0 amide bonds. The van der Waals surface area contributed by atoms with E-state index in [1.807, 2.05) is 17.8 Å². The first-order valence-corrected chi connectivity index (χ1v) is 5.09. The first-order valence-electron chi connectivity index (χ1n) is 5.09. The van der Waals surface area contributed by atoms with E-state index in [1.54, 1.807) is 29.1 Å². The number of pyridine rings is 1. The molecule has 0 spiro atoms. The number of aryl methyl sites for hydroxylation is 3. The first-order chi connectivity index (χ1) is 7.68. The molecule has 0 fully saturated rings. The van der Waals surface area contributed by atoms with Gasteiger partial charge in [-0.3, -0.25) is 4.79 Å². The molecule has 0 atom stereocenters. The number of hydrogen-bond donors (Lipinski definition) is 1. The zero-order valence-corrected chi connectivity index (χ0v) is 9.13. The highest BCUT2D eigenvalue weighted by Gasteiger charge is 2.02. The van der Waals surface area contributed by atoms with E-state index in [9.17, 15) is 4.79 Å². The summed E-state index contributed by atoms with van der Waals surface area (Å²) in [5, 5.41) is 0. The molecule has 0 aliphatic rings. The highest BCUT2D eigenvalue weighted by atomic mass is 16.1. The summed E-state index contributed by atoms with van der Waals surface area (Å²) in [4.78, 5) is 15.8. The van der Waals surface area contributed by atoms with Crippen molar-refractivity contribution < 1.29 is 0 Å². The Kier molecular flexibility index (Phi) is 2.76. The molecule has 0 aromatic carbocycles. The second-order valence-electron chi connectivity index (χ2n) is 3.67. The summed E-state index contributed by atoms with van der Waals surface area (Å²) in [7, 11) is 1.93. The van der Waals surface area contributed by atoms with Crippen LogP contribution < -0.4 is 11.3 Å². The number of rotatable bonds is 3. The fraction of sp³-hybridized carbons (Fsp3) is 0.273. The van der Waals surface area contributed by atoms with Crippen LogP contribution >= 0.6 is 0 Å². The Labute approximate surface area is 93.2 Å². The van der Waals surface area contributed by atoms with Gasteiger partial charge in [0.1, 0.15) is 5.82 Å². The molecule has 0 unspecified atom stereocenters. The minimum atomic E-state index is -0.142. The number of aromatic nitrogens is 3. The highest BCUT2D eigenvalue weighted by Crippen LogP contribution is 1.98. The third-order valence-electron chi connectivity index (χ3n) is 2.55. The number of nitrogens with zero attached hydrogens (tertiary/aromatic N) is 3. The maximum Gasteiger partial charge on any atom is 0.273 e. The van der Waals surface area contributed by atoms with Crippen LogP contribution in [0.3, 0.4) is 0 Å². The number of nitrogens with two attached hydrogens (primary N) is 1. The van der Waals surface area contributed by atoms with Crippen molar-refractivity contribution in [3.8, 4) is 0 Å². The van der Waals surface area contributed by atoms with Gasteiger partial charge in [-0.15, -0.1) is 0 Å². The lowest BCUT2D eigenvalue weighted by Gasteiger charge is -2.06. The van der Waals surface area contributed by atoms with Gasteiger partial charge in [-0.25, -0.2) is 4.98 Å². The van der Waals surface area contributed by atoms with Crippen LogP contribution in [0, 0.1) is 0 Å². The Morgan fingerprint density at radius 1 is 1.44 bits per heavy atom. The monoisotopic (exact) mass is 218 g/mol. The molecule has 0 aliphatic heterocycles. The minimum absolute atomic E-state index is 0.142. The molecule has 84 valence electrons. The van der Waals surface area contributed by atoms with Crippen molar-refractivity contribution in [1.82, 2.24) is 14.1 Å². The van der Waals surface area contributed by atoms with E-state index in [0.29, 0.717) is 13.0 Å². The van der Waals surface area contributed by atoms with Crippen LogP contribution in [0.1, 0.15) is 5.82 Å². The number of imidazole rings is 1. The van der Waals surface area contributed by atoms with Gasteiger partial charge in [0.05, 0.1) is 5.69 Å². The molecule has 2 aromatic rings. The van der Waals surface area contributed by atoms with Gasteiger partial charge in [0.2, 0.25) is 0 Å². The smallest absolute Gasteiger partial charge is 0.273 e. The van der Waals surface area contributed by atoms with Crippen molar-refractivity contribution in [2.24, 2.45) is 7.05 Å². The van der Waals surface area contributed by atoms with Crippen molar-refractivity contribution in [1.29, 1.82) is 0 Å². The lowest BCUT2D eigenvalue weighted by molar-refractivity contribution is 0.633.